The highest BCUT2D eigenvalue weighted by Crippen LogP contribution is 2.32. The molecule has 3 rings (SSSR count). The number of nitrogens with one attached hydrogen (secondary N) is 1. The average molecular weight is 327 g/mol. The third-order valence-corrected chi connectivity index (χ3v) is 4.38. The lowest BCUT2D eigenvalue weighted by atomic mass is 9.95. The molecule has 2 atom stereocenters. The number of amides is 1. The zero-order valence-corrected chi connectivity index (χ0v) is 13.2. The number of halogens is 2. The van der Waals surface area contributed by atoms with Gasteiger partial charge in [-0.1, -0.05) is 6.42 Å². The Hall–Kier alpha value is -1.66. The topological polar surface area (TPSA) is 72.9 Å². The van der Waals surface area contributed by atoms with Gasteiger partial charge in [0.2, 0.25) is 11.9 Å². The highest BCUT2D eigenvalue weighted by Gasteiger charge is 2.32. The lowest BCUT2D eigenvalue weighted by molar-refractivity contribution is -0.120. The molecule has 1 aliphatic carbocycles. The van der Waals surface area contributed by atoms with Crippen LogP contribution < -0.4 is 11.1 Å². The van der Waals surface area contributed by atoms with E-state index in [-0.39, 0.29) is 36.0 Å². The number of anilines is 1. The Bertz CT molecular complexity index is 687. The van der Waals surface area contributed by atoms with Crippen molar-refractivity contribution < 1.29 is 9.18 Å². The molecule has 22 heavy (non-hydrogen) atoms. The second-order valence-corrected chi connectivity index (χ2v) is 5.65. The maximum atomic E-state index is 13.2. The molecule has 0 bridgehead atoms. The summed E-state index contributed by atoms with van der Waals surface area (Å²) in [6.45, 7) is 0.534. The number of fused-ring (bicyclic) bond motifs is 1. The fraction of sp³-hybridized carbons (Fsp3) is 0.467. The fourth-order valence-electron chi connectivity index (χ4n) is 3.15. The second-order valence-electron chi connectivity index (χ2n) is 5.65. The molecule has 2 aromatic rings. The second kappa shape index (κ2) is 6.62. The molecule has 0 unspecified atom stereocenters. The molecule has 120 valence electrons. The SMILES string of the molecule is Cl.Cn1c(NC(=O)[C@@H]2CCC[C@@H]2CN)nc2cc(F)ccc21. The van der Waals surface area contributed by atoms with Crippen LogP contribution in [0.4, 0.5) is 10.3 Å². The van der Waals surface area contributed by atoms with Gasteiger partial charge in [0, 0.05) is 19.0 Å². The summed E-state index contributed by atoms with van der Waals surface area (Å²) < 4.78 is 15.0. The molecule has 1 fully saturated rings. The van der Waals surface area contributed by atoms with Gasteiger partial charge >= 0.3 is 0 Å². The summed E-state index contributed by atoms with van der Waals surface area (Å²) in [7, 11) is 1.80. The minimum Gasteiger partial charge on any atom is -0.330 e. The summed E-state index contributed by atoms with van der Waals surface area (Å²) in [5.41, 5.74) is 7.04. The summed E-state index contributed by atoms with van der Waals surface area (Å²) >= 11 is 0. The van der Waals surface area contributed by atoms with Crippen molar-refractivity contribution in [3.63, 3.8) is 0 Å². The summed E-state index contributed by atoms with van der Waals surface area (Å²) in [6, 6.07) is 4.41. The summed E-state index contributed by atoms with van der Waals surface area (Å²) in [6.07, 6.45) is 2.91. The van der Waals surface area contributed by atoms with E-state index in [0.717, 1.165) is 24.8 Å². The van der Waals surface area contributed by atoms with E-state index in [9.17, 15) is 9.18 Å². The molecule has 7 heteroatoms. The van der Waals surface area contributed by atoms with E-state index in [1.165, 1.54) is 12.1 Å². The van der Waals surface area contributed by atoms with Crippen LogP contribution in [-0.2, 0) is 11.8 Å². The minimum absolute atomic E-state index is 0. The molecule has 0 aliphatic heterocycles. The molecule has 1 aliphatic rings. The van der Waals surface area contributed by atoms with Gasteiger partial charge in [-0.3, -0.25) is 10.1 Å². The van der Waals surface area contributed by atoms with Crippen LogP contribution >= 0.6 is 12.4 Å². The molecule has 3 N–H and O–H groups in total. The molecule has 1 aromatic heterocycles. The van der Waals surface area contributed by atoms with Gasteiger partial charge in [-0.25, -0.2) is 9.37 Å². The van der Waals surface area contributed by atoms with Crippen molar-refractivity contribution in [3.8, 4) is 0 Å². The predicted octanol–water partition coefficient (Wildman–Crippen LogP) is 2.45. The van der Waals surface area contributed by atoms with E-state index >= 15 is 0 Å². The number of imidazole rings is 1. The van der Waals surface area contributed by atoms with E-state index in [1.54, 1.807) is 17.7 Å². The molecular formula is C15H20ClFN4O. The highest BCUT2D eigenvalue weighted by atomic mass is 35.5. The number of carbonyl (C=O) groups excluding carboxylic acids is 1. The number of hydrogen-bond donors (Lipinski definition) is 2. The average Bonchev–Trinajstić information content (AvgIpc) is 3.04. The van der Waals surface area contributed by atoms with Gasteiger partial charge in [0.25, 0.3) is 0 Å². The minimum atomic E-state index is -0.336. The van der Waals surface area contributed by atoms with Crippen molar-refractivity contribution >= 4 is 35.3 Å². The molecule has 1 amide bonds. The van der Waals surface area contributed by atoms with Crippen LogP contribution in [-0.4, -0.2) is 22.0 Å². The largest absolute Gasteiger partial charge is 0.330 e. The van der Waals surface area contributed by atoms with Crippen molar-refractivity contribution in [3.05, 3.63) is 24.0 Å². The van der Waals surface area contributed by atoms with E-state index in [4.69, 9.17) is 5.73 Å². The smallest absolute Gasteiger partial charge is 0.230 e. The number of nitrogens with zero attached hydrogens (tertiary/aromatic N) is 2. The van der Waals surface area contributed by atoms with Crippen LogP contribution in [0.5, 0.6) is 0 Å². The Morgan fingerprint density at radius 1 is 1.50 bits per heavy atom. The third-order valence-electron chi connectivity index (χ3n) is 4.38. The van der Waals surface area contributed by atoms with Crippen molar-refractivity contribution in [1.82, 2.24) is 9.55 Å². The number of benzene rings is 1. The maximum absolute atomic E-state index is 13.2. The van der Waals surface area contributed by atoms with Crippen molar-refractivity contribution in [2.45, 2.75) is 19.3 Å². The molecule has 0 radical (unpaired) electrons. The Balaban J connectivity index is 0.00000176. The van der Waals surface area contributed by atoms with E-state index in [1.807, 2.05) is 0 Å². The van der Waals surface area contributed by atoms with Crippen molar-refractivity contribution in [2.24, 2.45) is 24.6 Å². The summed E-state index contributed by atoms with van der Waals surface area (Å²) in [5.74, 6) is 0.270. The quantitative estimate of drug-likeness (QED) is 0.910. The number of rotatable bonds is 3. The van der Waals surface area contributed by atoms with Gasteiger partial charge in [0.1, 0.15) is 5.82 Å². The monoisotopic (exact) mass is 326 g/mol. The first-order chi connectivity index (χ1) is 10.1. The lowest BCUT2D eigenvalue weighted by Gasteiger charge is -2.16. The Morgan fingerprint density at radius 3 is 3.00 bits per heavy atom. The predicted molar refractivity (Wildman–Crippen MR) is 86.4 cm³/mol. The number of hydrogen-bond acceptors (Lipinski definition) is 3. The normalized spacial score (nSPS) is 20.9. The van der Waals surface area contributed by atoms with Gasteiger partial charge in [-0.15, -0.1) is 12.4 Å². The van der Waals surface area contributed by atoms with Crippen LogP contribution in [0.15, 0.2) is 18.2 Å². The zero-order chi connectivity index (χ0) is 15.0. The van der Waals surface area contributed by atoms with Crippen molar-refractivity contribution in [2.75, 3.05) is 11.9 Å². The fourth-order valence-corrected chi connectivity index (χ4v) is 3.15. The van der Waals surface area contributed by atoms with Gasteiger partial charge < -0.3 is 10.3 Å². The molecule has 1 aromatic carbocycles. The van der Waals surface area contributed by atoms with Gasteiger partial charge in [-0.2, -0.15) is 0 Å². The molecule has 5 nitrogen and oxygen atoms in total. The first-order valence-corrected chi connectivity index (χ1v) is 7.23. The first kappa shape index (κ1) is 16.7. The number of carbonyl (C=O) groups is 1. The van der Waals surface area contributed by atoms with E-state index < -0.39 is 0 Å². The lowest BCUT2D eigenvalue weighted by Crippen LogP contribution is -2.30. The summed E-state index contributed by atoms with van der Waals surface area (Å²) in [4.78, 5) is 16.7. The van der Waals surface area contributed by atoms with Crippen LogP contribution in [0, 0.1) is 17.7 Å². The molecule has 0 spiro atoms. The van der Waals surface area contributed by atoms with Crippen LogP contribution in [0.1, 0.15) is 19.3 Å². The van der Waals surface area contributed by atoms with E-state index in [0.29, 0.717) is 18.0 Å². The molecule has 0 saturated heterocycles. The van der Waals surface area contributed by atoms with Gasteiger partial charge in [0.05, 0.1) is 11.0 Å². The van der Waals surface area contributed by atoms with Gasteiger partial charge in [-0.05, 0) is 37.4 Å². The van der Waals surface area contributed by atoms with Crippen LogP contribution in [0.2, 0.25) is 0 Å². The van der Waals surface area contributed by atoms with Crippen molar-refractivity contribution in [1.29, 1.82) is 0 Å². The summed E-state index contributed by atoms with van der Waals surface area (Å²) in [5, 5.41) is 2.86. The maximum Gasteiger partial charge on any atom is 0.230 e. The standard InChI is InChI=1S/C15H19FN4O.ClH/c1-20-13-6-5-10(16)7-12(13)18-15(20)19-14(21)11-4-2-3-9(11)8-17;/h5-7,9,11H,2-4,8,17H2,1H3,(H,18,19,21);1H/t9-,11-;/m1./s1. The number of nitrogens with two attached hydrogens (primary N) is 1. The Morgan fingerprint density at radius 2 is 2.27 bits per heavy atom. The first-order valence-electron chi connectivity index (χ1n) is 7.23. The molecule has 1 heterocycles. The zero-order valence-electron chi connectivity index (χ0n) is 12.4. The van der Waals surface area contributed by atoms with Crippen LogP contribution in [0.25, 0.3) is 11.0 Å². The van der Waals surface area contributed by atoms with Gasteiger partial charge in [0.15, 0.2) is 0 Å². The number of aryl methyl sites for hydroxylation is 1. The third kappa shape index (κ3) is 2.94. The van der Waals surface area contributed by atoms with E-state index in [2.05, 4.69) is 10.3 Å². The molecule has 1 saturated carbocycles. The van der Waals surface area contributed by atoms with Crippen LogP contribution in [0.3, 0.4) is 0 Å². The number of aromatic nitrogens is 2. The Kier molecular flexibility index (Phi) is 5.03. The Labute approximate surface area is 134 Å². The highest BCUT2D eigenvalue weighted by molar-refractivity contribution is 5.93. The molecular weight excluding hydrogens is 307 g/mol.